The minimum absolute atomic E-state index is 0.126. The lowest BCUT2D eigenvalue weighted by molar-refractivity contribution is 0.870. The van der Waals surface area contributed by atoms with Crippen LogP contribution in [-0.4, -0.2) is 8.07 Å². The van der Waals surface area contributed by atoms with E-state index in [2.05, 4.69) is 173 Å². The molecule has 1 atom stereocenters. The molecule has 208 valence electrons. The minimum Gasteiger partial charge on any atom is -0.0730 e. The van der Waals surface area contributed by atoms with Gasteiger partial charge in [0.15, 0.2) is 8.07 Å². The second-order valence-corrected chi connectivity index (χ2v) is 16.4. The molecule has 0 aliphatic heterocycles. The van der Waals surface area contributed by atoms with Gasteiger partial charge in [-0.15, -0.1) is 0 Å². The number of allylic oxidation sites excluding steroid dienone is 4. The van der Waals surface area contributed by atoms with Crippen LogP contribution < -0.4 is 15.6 Å². The van der Waals surface area contributed by atoms with Gasteiger partial charge < -0.3 is 0 Å². The molecular formula is C41H40Si. The molecule has 5 aromatic rings. The van der Waals surface area contributed by atoms with Crippen molar-refractivity contribution in [2.45, 2.75) is 45.6 Å². The first-order valence-corrected chi connectivity index (χ1v) is 17.1. The third-order valence-corrected chi connectivity index (χ3v) is 15.2. The van der Waals surface area contributed by atoms with Crippen LogP contribution in [0.4, 0.5) is 0 Å². The zero-order valence-electron chi connectivity index (χ0n) is 25.3. The Morgan fingerprint density at radius 1 is 0.476 bits per heavy atom. The van der Waals surface area contributed by atoms with Gasteiger partial charge in [0.2, 0.25) is 0 Å². The number of hydrogen-bond acceptors (Lipinski definition) is 0. The zero-order valence-corrected chi connectivity index (χ0v) is 26.3. The highest BCUT2D eigenvalue weighted by Gasteiger charge is 2.56. The quantitative estimate of drug-likeness (QED) is 0.132. The molecule has 0 spiro atoms. The van der Waals surface area contributed by atoms with Gasteiger partial charge in [-0.05, 0) is 77.0 Å². The van der Waals surface area contributed by atoms with Crippen molar-refractivity contribution in [3.8, 4) is 0 Å². The van der Waals surface area contributed by atoms with Crippen LogP contribution in [0.3, 0.4) is 0 Å². The molecule has 0 radical (unpaired) electrons. The van der Waals surface area contributed by atoms with Gasteiger partial charge in [-0.1, -0.05) is 164 Å². The fourth-order valence-corrected chi connectivity index (χ4v) is 13.5. The molecule has 1 aliphatic carbocycles. The second kappa shape index (κ2) is 11.6. The van der Waals surface area contributed by atoms with Crippen molar-refractivity contribution < 1.29 is 0 Å². The van der Waals surface area contributed by atoms with E-state index in [0.29, 0.717) is 0 Å². The molecule has 1 unspecified atom stereocenters. The van der Waals surface area contributed by atoms with Gasteiger partial charge in [0.05, 0.1) is 0 Å². The van der Waals surface area contributed by atoms with Crippen molar-refractivity contribution in [2.75, 3.05) is 0 Å². The highest BCUT2D eigenvalue weighted by Crippen LogP contribution is 2.52. The lowest BCUT2D eigenvalue weighted by Gasteiger charge is -2.47. The maximum atomic E-state index is 2.60. The van der Waals surface area contributed by atoms with E-state index in [1.807, 2.05) is 0 Å². The summed E-state index contributed by atoms with van der Waals surface area (Å²) in [6.45, 7) is 9.52. The maximum absolute atomic E-state index is 2.69. The summed E-state index contributed by atoms with van der Waals surface area (Å²) in [5, 5.41) is 4.28. The van der Waals surface area contributed by atoms with Crippen molar-refractivity contribution in [1.82, 2.24) is 0 Å². The molecular weight excluding hydrogens is 521 g/mol. The SMILES string of the molecule is CC1=CC(C)([Si](c2ccccc2)(c2ccccc2)c2cc(Cc3ccccc3)cc(Cc3ccccc3)c2)C(C)=C1C. The van der Waals surface area contributed by atoms with Crippen LogP contribution in [0, 0.1) is 0 Å². The Morgan fingerprint density at radius 3 is 1.26 bits per heavy atom. The summed E-state index contributed by atoms with van der Waals surface area (Å²) in [4.78, 5) is 0. The van der Waals surface area contributed by atoms with E-state index in [-0.39, 0.29) is 5.04 Å². The summed E-state index contributed by atoms with van der Waals surface area (Å²) in [7, 11) is -2.69. The van der Waals surface area contributed by atoms with Crippen molar-refractivity contribution in [3.05, 3.63) is 185 Å². The fourth-order valence-electron chi connectivity index (χ4n) is 7.35. The monoisotopic (exact) mass is 560 g/mol. The standard InChI is InChI=1S/C41H40Si/c1-31-30-41(4,33(3)32(31)2)42(38-21-13-7-14-22-38,39-23-15-8-16-24-39)40-28-36(25-34-17-9-5-10-18-34)27-37(29-40)26-35-19-11-6-12-20-35/h5-24,27-30H,25-26H2,1-4H3. The van der Waals surface area contributed by atoms with E-state index in [9.17, 15) is 0 Å². The smallest absolute Gasteiger partial charge is 0.0730 e. The lowest BCUT2D eigenvalue weighted by Crippen LogP contribution is -2.73. The van der Waals surface area contributed by atoms with E-state index in [4.69, 9.17) is 0 Å². The van der Waals surface area contributed by atoms with Crippen LogP contribution in [0.5, 0.6) is 0 Å². The first kappa shape index (κ1) is 27.9. The molecule has 1 heteroatoms. The lowest BCUT2D eigenvalue weighted by atomic mass is 9.99. The van der Waals surface area contributed by atoms with E-state index in [1.54, 1.807) is 0 Å². The number of rotatable bonds is 8. The van der Waals surface area contributed by atoms with Gasteiger partial charge in [0.25, 0.3) is 0 Å². The zero-order chi connectivity index (χ0) is 29.2. The fraction of sp³-hybridized carbons (Fsp3) is 0.171. The Kier molecular flexibility index (Phi) is 7.71. The average Bonchev–Trinajstić information content (AvgIpc) is 3.22. The van der Waals surface area contributed by atoms with E-state index in [0.717, 1.165) is 12.8 Å². The van der Waals surface area contributed by atoms with Gasteiger partial charge in [-0.3, -0.25) is 0 Å². The summed E-state index contributed by atoms with van der Waals surface area (Å²) in [5.74, 6) is 0. The topological polar surface area (TPSA) is 0 Å². The van der Waals surface area contributed by atoms with Gasteiger partial charge >= 0.3 is 0 Å². The Morgan fingerprint density at radius 2 is 0.881 bits per heavy atom. The van der Waals surface area contributed by atoms with Crippen LogP contribution >= 0.6 is 0 Å². The van der Waals surface area contributed by atoms with E-state index in [1.165, 1.54) is 54.5 Å². The Bertz CT molecular complexity index is 1630. The predicted octanol–water partition coefficient (Wildman–Crippen LogP) is 8.40. The summed E-state index contributed by atoms with van der Waals surface area (Å²) in [6.07, 6.45) is 4.44. The summed E-state index contributed by atoms with van der Waals surface area (Å²) in [5.41, 5.74) is 9.80. The summed E-state index contributed by atoms with van der Waals surface area (Å²) in [6, 6.07) is 52.3. The predicted molar refractivity (Wildman–Crippen MR) is 183 cm³/mol. The normalized spacial score (nSPS) is 16.9. The highest BCUT2D eigenvalue weighted by molar-refractivity contribution is 7.14. The van der Waals surface area contributed by atoms with Crippen LogP contribution in [0.2, 0.25) is 5.04 Å². The molecule has 42 heavy (non-hydrogen) atoms. The van der Waals surface area contributed by atoms with Crippen LogP contribution in [0.1, 0.15) is 49.9 Å². The molecule has 0 nitrogen and oxygen atoms in total. The van der Waals surface area contributed by atoms with Gasteiger partial charge in [0.1, 0.15) is 0 Å². The Hall–Kier alpha value is -4.20. The maximum Gasteiger partial charge on any atom is 0.161 e. The molecule has 0 saturated heterocycles. The largest absolute Gasteiger partial charge is 0.161 e. The number of benzene rings is 5. The van der Waals surface area contributed by atoms with E-state index >= 15 is 0 Å². The van der Waals surface area contributed by atoms with Crippen molar-refractivity contribution in [2.24, 2.45) is 0 Å². The molecule has 0 amide bonds. The van der Waals surface area contributed by atoms with Crippen molar-refractivity contribution in [3.63, 3.8) is 0 Å². The number of hydrogen-bond donors (Lipinski definition) is 0. The summed E-state index contributed by atoms with van der Waals surface area (Å²) >= 11 is 0. The summed E-state index contributed by atoms with van der Waals surface area (Å²) < 4.78 is 0. The molecule has 0 fully saturated rings. The van der Waals surface area contributed by atoms with Crippen molar-refractivity contribution >= 4 is 23.6 Å². The molecule has 0 N–H and O–H groups in total. The van der Waals surface area contributed by atoms with E-state index < -0.39 is 8.07 Å². The van der Waals surface area contributed by atoms with Gasteiger partial charge in [0, 0.05) is 5.04 Å². The molecule has 1 aliphatic rings. The first-order valence-electron chi connectivity index (χ1n) is 15.1. The molecule has 0 heterocycles. The highest BCUT2D eigenvalue weighted by atomic mass is 28.3. The van der Waals surface area contributed by atoms with Crippen LogP contribution in [-0.2, 0) is 12.8 Å². The van der Waals surface area contributed by atoms with Gasteiger partial charge in [-0.2, -0.15) is 0 Å². The van der Waals surface area contributed by atoms with Crippen LogP contribution in [0.25, 0.3) is 0 Å². The second-order valence-electron chi connectivity index (χ2n) is 12.1. The molecule has 0 saturated carbocycles. The molecule has 0 aromatic heterocycles. The average molecular weight is 561 g/mol. The van der Waals surface area contributed by atoms with Crippen molar-refractivity contribution in [1.29, 1.82) is 0 Å². The van der Waals surface area contributed by atoms with Crippen LogP contribution in [0.15, 0.2) is 162 Å². The Labute approximate surface area is 253 Å². The van der Waals surface area contributed by atoms with Gasteiger partial charge in [-0.25, -0.2) is 0 Å². The third kappa shape index (κ3) is 4.93. The molecule has 5 aromatic carbocycles. The minimum atomic E-state index is -2.69. The first-order chi connectivity index (χ1) is 20.4. The third-order valence-electron chi connectivity index (χ3n) is 9.62. The Balaban J connectivity index is 1.68. The molecule has 6 rings (SSSR count). The molecule has 0 bridgehead atoms.